The Morgan fingerprint density at radius 1 is 1.20 bits per heavy atom. The van der Waals surface area contributed by atoms with Crippen LogP contribution < -0.4 is 5.32 Å². The second-order valence-corrected chi connectivity index (χ2v) is 4.64. The van der Waals surface area contributed by atoms with Gasteiger partial charge < -0.3 is 5.32 Å². The smallest absolute Gasteiger partial charge is 0.130 e. The van der Waals surface area contributed by atoms with E-state index in [9.17, 15) is 8.78 Å². The van der Waals surface area contributed by atoms with Crippen LogP contribution in [0.5, 0.6) is 0 Å². The van der Waals surface area contributed by atoms with Crippen LogP contribution in [-0.2, 0) is 6.42 Å². The molecular weight excluding hydrogens is 258 g/mol. The minimum Gasteiger partial charge on any atom is -0.310 e. The zero-order valence-electron chi connectivity index (χ0n) is 11.4. The molecule has 0 saturated carbocycles. The third kappa shape index (κ3) is 3.84. The van der Waals surface area contributed by atoms with Gasteiger partial charge in [0.25, 0.3) is 0 Å². The van der Waals surface area contributed by atoms with Crippen molar-refractivity contribution in [1.82, 2.24) is 10.3 Å². The van der Waals surface area contributed by atoms with Gasteiger partial charge in [0, 0.05) is 29.6 Å². The fraction of sp³-hybridized carbons (Fsp3) is 0.312. The summed E-state index contributed by atoms with van der Waals surface area (Å²) >= 11 is 0. The van der Waals surface area contributed by atoms with E-state index in [2.05, 4.69) is 10.3 Å². The molecule has 2 nitrogen and oxygen atoms in total. The zero-order chi connectivity index (χ0) is 14.4. The molecule has 0 amide bonds. The molecule has 0 aliphatic rings. The number of halogens is 2. The first kappa shape index (κ1) is 14.6. The van der Waals surface area contributed by atoms with Crippen LogP contribution in [0.1, 0.15) is 30.6 Å². The maximum Gasteiger partial charge on any atom is 0.130 e. The predicted molar refractivity (Wildman–Crippen MR) is 75.3 cm³/mol. The van der Waals surface area contributed by atoms with Crippen molar-refractivity contribution in [3.05, 3.63) is 65.5 Å². The van der Waals surface area contributed by atoms with Gasteiger partial charge in [-0.25, -0.2) is 8.78 Å². The Bertz CT molecular complexity index is 543. The number of hydrogen-bond acceptors (Lipinski definition) is 2. The van der Waals surface area contributed by atoms with Crippen molar-refractivity contribution in [1.29, 1.82) is 0 Å². The van der Waals surface area contributed by atoms with Crippen LogP contribution in [-0.4, -0.2) is 11.5 Å². The molecular formula is C16H18F2N2. The molecule has 2 aromatic rings. The molecule has 0 radical (unpaired) electrons. The SMILES string of the molecule is CCNC(CCc1ccccn1)c1ccc(F)cc1F. The van der Waals surface area contributed by atoms with Crippen molar-refractivity contribution in [2.75, 3.05) is 6.54 Å². The molecule has 1 aromatic carbocycles. The second-order valence-electron chi connectivity index (χ2n) is 4.64. The van der Waals surface area contributed by atoms with Crippen molar-refractivity contribution >= 4 is 0 Å². The summed E-state index contributed by atoms with van der Waals surface area (Å²) in [6.07, 6.45) is 3.21. The Balaban J connectivity index is 2.10. The van der Waals surface area contributed by atoms with E-state index in [-0.39, 0.29) is 6.04 Å². The van der Waals surface area contributed by atoms with E-state index in [4.69, 9.17) is 0 Å². The van der Waals surface area contributed by atoms with Crippen LogP contribution in [0.4, 0.5) is 8.78 Å². The Morgan fingerprint density at radius 2 is 2.05 bits per heavy atom. The summed E-state index contributed by atoms with van der Waals surface area (Å²) in [5.74, 6) is -1.05. The molecule has 1 N–H and O–H groups in total. The number of aryl methyl sites for hydroxylation is 1. The molecule has 1 heterocycles. The Morgan fingerprint density at radius 3 is 2.70 bits per heavy atom. The number of nitrogens with one attached hydrogen (secondary N) is 1. The van der Waals surface area contributed by atoms with E-state index in [0.29, 0.717) is 12.0 Å². The monoisotopic (exact) mass is 276 g/mol. The number of hydrogen-bond donors (Lipinski definition) is 1. The molecule has 0 fully saturated rings. The van der Waals surface area contributed by atoms with E-state index in [1.807, 2.05) is 25.1 Å². The molecule has 0 spiro atoms. The summed E-state index contributed by atoms with van der Waals surface area (Å²) in [7, 11) is 0. The Labute approximate surface area is 117 Å². The normalized spacial score (nSPS) is 12.3. The van der Waals surface area contributed by atoms with Crippen molar-refractivity contribution in [2.24, 2.45) is 0 Å². The van der Waals surface area contributed by atoms with Crippen molar-refractivity contribution in [3.8, 4) is 0 Å². The lowest BCUT2D eigenvalue weighted by Gasteiger charge is -2.19. The number of pyridine rings is 1. The highest BCUT2D eigenvalue weighted by atomic mass is 19.1. The van der Waals surface area contributed by atoms with Gasteiger partial charge in [0.2, 0.25) is 0 Å². The third-order valence-electron chi connectivity index (χ3n) is 3.20. The van der Waals surface area contributed by atoms with Gasteiger partial charge in [-0.15, -0.1) is 0 Å². The first-order valence-electron chi connectivity index (χ1n) is 6.79. The third-order valence-corrected chi connectivity index (χ3v) is 3.20. The van der Waals surface area contributed by atoms with Crippen LogP contribution in [0.25, 0.3) is 0 Å². The Hall–Kier alpha value is -1.81. The van der Waals surface area contributed by atoms with E-state index < -0.39 is 11.6 Å². The Kier molecular flexibility index (Phi) is 5.18. The highest BCUT2D eigenvalue weighted by Gasteiger charge is 2.15. The summed E-state index contributed by atoms with van der Waals surface area (Å²) in [4.78, 5) is 4.26. The predicted octanol–water partition coefficient (Wildman–Crippen LogP) is 3.64. The molecule has 1 atom stereocenters. The highest BCUT2D eigenvalue weighted by molar-refractivity contribution is 5.22. The lowest BCUT2D eigenvalue weighted by Crippen LogP contribution is -2.22. The fourth-order valence-electron chi connectivity index (χ4n) is 2.24. The minimum atomic E-state index is -0.550. The van der Waals surface area contributed by atoms with E-state index in [1.165, 1.54) is 12.1 Å². The maximum atomic E-state index is 13.9. The first-order valence-corrected chi connectivity index (χ1v) is 6.79. The van der Waals surface area contributed by atoms with Gasteiger partial charge in [-0.3, -0.25) is 4.98 Å². The van der Waals surface area contributed by atoms with Gasteiger partial charge in [0.15, 0.2) is 0 Å². The molecule has 0 saturated heterocycles. The van der Waals surface area contributed by atoms with Gasteiger partial charge in [-0.05, 0) is 37.6 Å². The van der Waals surface area contributed by atoms with Crippen molar-refractivity contribution < 1.29 is 8.78 Å². The summed E-state index contributed by atoms with van der Waals surface area (Å²) in [5.41, 5.74) is 1.47. The highest BCUT2D eigenvalue weighted by Crippen LogP contribution is 2.22. The second kappa shape index (κ2) is 7.10. The van der Waals surface area contributed by atoms with Crippen LogP contribution in [0.2, 0.25) is 0 Å². The number of rotatable bonds is 6. The quantitative estimate of drug-likeness (QED) is 0.871. The lowest BCUT2D eigenvalue weighted by atomic mass is 10.00. The van der Waals surface area contributed by atoms with Crippen molar-refractivity contribution in [3.63, 3.8) is 0 Å². The molecule has 20 heavy (non-hydrogen) atoms. The lowest BCUT2D eigenvalue weighted by molar-refractivity contribution is 0.478. The van der Waals surface area contributed by atoms with Gasteiger partial charge in [-0.1, -0.05) is 19.1 Å². The number of aromatic nitrogens is 1. The van der Waals surface area contributed by atoms with Crippen LogP contribution in [0.15, 0.2) is 42.6 Å². The molecule has 1 aromatic heterocycles. The van der Waals surface area contributed by atoms with Crippen LogP contribution in [0, 0.1) is 11.6 Å². The first-order chi connectivity index (χ1) is 9.70. The summed E-state index contributed by atoms with van der Waals surface area (Å²) in [5, 5.41) is 3.24. The van der Waals surface area contributed by atoms with Gasteiger partial charge in [0.1, 0.15) is 11.6 Å². The largest absolute Gasteiger partial charge is 0.310 e. The molecule has 0 aliphatic heterocycles. The number of nitrogens with zero attached hydrogens (tertiary/aromatic N) is 1. The minimum absolute atomic E-state index is 0.136. The van der Waals surface area contributed by atoms with Gasteiger partial charge in [-0.2, -0.15) is 0 Å². The average Bonchev–Trinajstić information content (AvgIpc) is 2.45. The molecule has 0 bridgehead atoms. The van der Waals surface area contributed by atoms with Crippen LogP contribution in [0.3, 0.4) is 0 Å². The van der Waals surface area contributed by atoms with Gasteiger partial charge in [0.05, 0.1) is 0 Å². The molecule has 106 valence electrons. The molecule has 0 aliphatic carbocycles. The molecule has 4 heteroatoms. The standard InChI is InChI=1S/C16H18F2N2/c1-2-19-16(9-7-13-5-3-4-10-20-13)14-8-6-12(17)11-15(14)18/h3-6,8,10-11,16,19H,2,7,9H2,1H3. The maximum absolute atomic E-state index is 13.9. The van der Waals surface area contributed by atoms with E-state index in [0.717, 1.165) is 24.7 Å². The number of benzene rings is 1. The average molecular weight is 276 g/mol. The van der Waals surface area contributed by atoms with Crippen LogP contribution >= 0.6 is 0 Å². The summed E-state index contributed by atoms with van der Waals surface area (Å²) in [6.45, 7) is 2.69. The van der Waals surface area contributed by atoms with E-state index in [1.54, 1.807) is 6.20 Å². The summed E-state index contributed by atoms with van der Waals surface area (Å²) < 4.78 is 26.8. The van der Waals surface area contributed by atoms with Crippen molar-refractivity contribution in [2.45, 2.75) is 25.8 Å². The van der Waals surface area contributed by atoms with E-state index >= 15 is 0 Å². The van der Waals surface area contributed by atoms with Gasteiger partial charge >= 0.3 is 0 Å². The molecule has 2 rings (SSSR count). The summed E-state index contributed by atoms with van der Waals surface area (Å²) in [6, 6.07) is 9.35. The zero-order valence-corrected chi connectivity index (χ0v) is 11.4. The topological polar surface area (TPSA) is 24.9 Å². The molecule has 1 unspecified atom stereocenters. The fourth-order valence-corrected chi connectivity index (χ4v) is 2.24.